The SMILES string of the molecule is CNCc1cn(-c2ccc3c(c2)C(=O)N(C2CCC(=O)NC2=O)C3)nn1. The normalized spacial score (nSPS) is 19.7. The van der Waals surface area contributed by atoms with E-state index in [1.54, 1.807) is 16.9 Å². The smallest absolute Gasteiger partial charge is 0.255 e. The Hall–Kier alpha value is -3.07. The highest BCUT2D eigenvalue weighted by molar-refractivity contribution is 6.05. The summed E-state index contributed by atoms with van der Waals surface area (Å²) in [5.74, 6) is -0.899. The van der Waals surface area contributed by atoms with Crippen molar-refractivity contribution in [1.29, 1.82) is 0 Å². The van der Waals surface area contributed by atoms with Gasteiger partial charge in [0.05, 0.1) is 17.6 Å². The van der Waals surface area contributed by atoms with Gasteiger partial charge in [0.1, 0.15) is 6.04 Å². The number of carbonyl (C=O) groups is 3. The van der Waals surface area contributed by atoms with Gasteiger partial charge in [0.15, 0.2) is 0 Å². The number of nitrogens with one attached hydrogen (secondary N) is 2. The largest absolute Gasteiger partial charge is 0.322 e. The average Bonchev–Trinajstić information content (AvgIpc) is 3.20. The van der Waals surface area contributed by atoms with Crippen LogP contribution >= 0.6 is 0 Å². The van der Waals surface area contributed by atoms with Gasteiger partial charge in [0.25, 0.3) is 5.91 Å². The predicted molar refractivity (Wildman–Crippen MR) is 90.2 cm³/mol. The first-order valence-corrected chi connectivity index (χ1v) is 8.40. The Kier molecular flexibility index (Phi) is 4.00. The highest BCUT2D eigenvalue weighted by Gasteiger charge is 2.39. The second kappa shape index (κ2) is 6.34. The summed E-state index contributed by atoms with van der Waals surface area (Å²) >= 11 is 0. The minimum absolute atomic E-state index is 0.202. The van der Waals surface area contributed by atoms with Crippen LogP contribution in [0.1, 0.15) is 34.5 Å². The lowest BCUT2D eigenvalue weighted by molar-refractivity contribution is -0.136. The van der Waals surface area contributed by atoms with Crippen LogP contribution < -0.4 is 10.6 Å². The summed E-state index contributed by atoms with van der Waals surface area (Å²) in [5, 5.41) is 13.5. The Morgan fingerprint density at radius 2 is 2.15 bits per heavy atom. The standard InChI is InChI=1S/C17H18N6O3/c1-18-7-11-9-23(21-20-11)12-3-2-10-8-22(17(26)13(10)6-12)14-4-5-15(24)19-16(14)25/h2-3,6,9,14,18H,4-5,7-8H2,1H3,(H,19,24,25). The Bertz CT molecular complexity index is 906. The molecule has 0 radical (unpaired) electrons. The molecule has 9 heteroatoms. The van der Waals surface area contributed by atoms with E-state index in [9.17, 15) is 14.4 Å². The number of piperidine rings is 1. The molecule has 0 spiro atoms. The molecule has 2 aliphatic rings. The monoisotopic (exact) mass is 354 g/mol. The number of fused-ring (bicyclic) bond motifs is 1. The quantitative estimate of drug-likeness (QED) is 0.733. The summed E-state index contributed by atoms with van der Waals surface area (Å²) < 4.78 is 1.62. The van der Waals surface area contributed by atoms with Crippen molar-refractivity contribution in [2.24, 2.45) is 0 Å². The number of amides is 3. The van der Waals surface area contributed by atoms with Gasteiger partial charge >= 0.3 is 0 Å². The molecule has 134 valence electrons. The van der Waals surface area contributed by atoms with Crippen molar-refractivity contribution < 1.29 is 14.4 Å². The molecule has 4 rings (SSSR count). The van der Waals surface area contributed by atoms with Crippen LogP contribution in [0.2, 0.25) is 0 Å². The number of rotatable bonds is 4. The van der Waals surface area contributed by atoms with Gasteiger partial charge in [-0.2, -0.15) is 0 Å². The van der Waals surface area contributed by atoms with Gasteiger partial charge in [-0.1, -0.05) is 11.3 Å². The summed E-state index contributed by atoms with van der Waals surface area (Å²) in [6.45, 7) is 0.968. The van der Waals surface area contributed by atoms with Crippen molar-refractivity contribution in [3.63, 3.8) is 0 Å². The Morgan fingerprint density at radius 1 is 1.31 bits per heavy atom. The van der Waals surface area contributed by atoms with Crippen molar-refractivity contribution in [3.8, 4) is 5.69 Å². The topological polar surface area (TPSA) is 109 Å². The van der Waals surface area contributed by atoms with E-state index in [2.05, 4.69) is 20.9 Å². The maximum atomic E-state index is 12.8. The molecule has 1 aromatic carbocycles. The van der Waals surface area contributed by atoms with E-state index in [0.717, 1.165) is 16.9 Å². The predicted octanol–water partition coefficient (Wildman–Crippen LogP) is -0.252. The van der Waals surface area contributed by atoms with Crippen molar-refractivity contribution in [2.45, 2.75) is 32.0 Å². The molecular weight excluding hydrogens is 336 g/mol. The summed E-state index contributed by atoms with van der Waals surface area (Å²) in [7, 11) is 1.83. The summed E-state index contributed by atoms with van der Waals surface area (Å²) in [5.41, 5.74) is 2.94. The van der Waals surface area contributed by atoms with Gasteiger partial charge in [-0.3, -0.25) is 19.7 Å². The Balaban J connectivity index is 1.59. The third-order valence-corrected chi connectivity index (χ3v) is 4.68. The first-order chi connectivity index (χ1) is 12.6. The summed E-state index contributed by atoms with van der Waals surface area (Å²) in [4.78, 5) is 37.8. The third kappa shape index (κ3) is 2.76. The van der Waals surface area contributed by atoms with Crippen molar-refractivity contribution >= 4 is 17.7 Å². The zero-order valence-electron chi connectivity index (χ0n) is 14.2. The Labute approximate surface area is 149 Å². The van der Waals surface area contributed by atoms with Gasteiger partial charge in [-0.25, -0.2) is 4.68 Å². The molecule has 1 saturated heterocycles. The van der Waals surface area contributed by atoms with Crippen LogP contribution in [0, 0.1) is 0 Å². The van der Waals surface area contributed by atoms with Crippen LogP contribution in [0.5, 0.6) is 0 Å². The van der Waals surface area contributed by atoms with Gasteiger partial charge in [-0.05, 0) is 31.2 Å². The molecule has 1 aromatic heterocycles. The molecule has 1 atom stereocenters. The Morgan fingerprint density at radius 3 is 2.92 bits per heavy atom. The fourth-order valence-corrected chi connectivity index (χ4v) is 3.37. The second-order valence-corrected chi connectivity index (χ2v) is 6.43. The molecule has 2 aromatic rings. The minimum Gasteiger partial charge on any atom is -0.322 e. The lowest BCUT2D eigenvalue weighted by Gasteiger charge is -2.29. The third-order valence-electron chi connectivity index (χ3n) is 4.68. The van der Waals surface area contributed by atoms with E-state index in [4.69, 9.17) is 0 Å². The highest BCUT2D eigenvalue weighted by atomic mass is 16.2. The van der Waals surface area contributed by atoms with Gasteiger partial charge < -0.3 is 10.2 Å². The number of carbonyl (C=O) groups excluding carboxylic acids is 3. The number of nitrogens with zero attached hydrogens (tertiary/aromatic N) is 4. The van der Waals surface area contributed by atoms with Gasteiger partial charge in [-0.15, -0.1) is 5.10 Å². The van der Waals surface area contributed by atoms with Crippen LogP contribution in [-0.4, -0.2) is 50.7 Å². The highest BCUT2D eigenvalue weighted by Crippen LogP contribution is 2.28. The van der Waals surface area contributed by atoms with Crippen molar-refractivity contribution in [2.75, 3.05) is 7.05 Å². The van der Waals surface area contributed by atoms with E-state index in [-0.39, 0.29) is 18.2 Å². The number of imide groups is 1. The molecule has 2 aliphatic heterocycles. The van der Waals surface area contributed by atoms with Gasteiger partial charge in [0.2, 0.25) is 11.8 Å². The maximum absolute atomic E-state index is 12.8. The van der Waals surface area contributed by atoms with E-state index in [1.807, 2.05) is 19.2 Å². The number of aromatic nitrogens is 3. The number of hydrogen-bond donors (Lipinski definition) is 2. The van der Waals surface area contributed by atoms with E-state index >= 15 is 0 Å². The fraction of sp³-hybridized carbons (Fsp3) is 0.353. The lowest BCUT2D eigenvalue weighted by atomic mass is 10.0. The zero-order valence-corrected chi connectivity index (χ0v) is 14.2. The number of benzene rings is 1. The van der Waals surface area contributed by atoms with E-state index in [0.29, 0.717) is 25.1 Å². The number of hydrogen-bond acceptors (Lipinski definition) is 6. The van der Waals surface area contributed by atoms with E-state index < -0.39 is 11.9 Å². The van der Waals surface area contributed by atoms with Crippen LogP contribution in [0.3, 0.4) is 0 Å². The first kappa shape index (κ1) is 16.4. The van der Waals surface area contributed by atoms with Crippen molar-refractivity contribution in [1.82, 2.24) is 30.5 Å². The summed E-state index contributed by atoms with van der Waals surface area (Å²) in [6.07, 6.45) is 2.40. The van der Waals surface area contributed by atoms with Crippen LogP contribution in [-0.2, 0) is 22.7 Å². The molecule has 2 N–H and O–H groups in total. The van der Waals surface area contributed by atoms with Crippen LogP contribution in [0.15, 0.2) is 24.4 Å². The van der Waals surface area contributed by atoms with Gasteiger partial charge in [0, 0.05) is 25.1 Å². The molecule has 0 aliphatic carbocycles. The lowest BCUT2D eigenvalue weighted by Crippen LogP contribution is -2.52. The van der Waals surface area contributed by atoms with Crippen LogP contribution in [0.4, 0.5) is 0 Å². The molecule has 3 heterocycles. The summed E-state index contributed by atoms with van der Waals surface area (Å²) in [6, 6.07) is 4.90. The second-order valence-electron chi connectivity index (χ2n) is 6.43. The molecular formula is C17H18N6O3. The minimum atomic E-state index is -0.607. The average molecular weight is 354 g/mol. The maximum Gasteiger partial charge on any atom is 0.255 e. The van der Waals surface area contributed by atoms with E-state index in [1.165, 1.54) is 4.90 Å². The molecule has 0 bridgehead atoms. The molecule has 1 unspecified atom stereocenters. The zero-order chi connectivity index (χ0) is 18.3. The first-order valence-electron chi connectivity index (χ1n) is 8.40. The fourth-order valence-electron chi connectivity index (χ4n) is 3.37. The van der Waals surface area contributed by atoms with Crippen molar-refractivity contribution in [3.05, 3.63) is 41.2 Å². The molecule has 3 amide bonds. The molecule has 0 saturated carbocycles. The van der Waals surface area contributed by atoms with Crippen LogP contribution in [0.25, 0.3) is 5.69 Å². The molecule has 1 fully saturated rings. The molecule has 9 nitrogen and oxygen atoms in total. The molecule has 26 heavy (non-hydrogen) atoms.